The van der Waals surface area contributed by atoms with Crippen LogP contribution in [0.3, 0.4) is 0 Å². The minimum Gasteiger partial charge on any atom is -0.478 e. The third-order valence-corrected chi connectivity index (χ3v) is 4.15. The summed E-state index contributed by atoms with van der Waals surface area (Å²) >= 11 is 0. The largest absolute Gasteiger partial charge is 0.478 e. The molecule has 1 unspecified atom stereocenters. The molecule has 2 aliphatic rings. The van der Waals surface area contributed by atoms with E-state index in [1.165, 1.54) is 13.0 Å². The molecule has 0 aliphatic carbocycles. The van der Waals surface area contributed by atoms with Gasteiger partial charge in [0.05, 0.1) is 19.8 Å². The van der Waals surface area contributed by atoms with Gasteiger partial charge in [-0.25, -0.2) is 9.97 Å². The molecule has 0 aromatic carbocycles. The van der Waals surface area contributed by atoms with Crippen LogP contribution in [0.5, 0.6) is 5.88 Å². The lowest BCUT2D eigenvalue weighted by Gasteiger charge is -2.29. The van der Waals surface area contributed by atoms with Gasteiger partial charge in [-0.1, -0.05) is 0 Å². The second kappa shape index (κ2) is 7.04. The van der Waals surface area contributed by atoms with Gasteiger partial charge in [0.1, 0.15) is 12.1 Å². The summed E-state index contributed by atoms with van der Waals surface area (Å²) < 4.78 is 10.9. The molecule has 0 bridgehead atoms. The first kappa shape index (κ1) is 14.5. The Hall–Kier alpha value is -1.40. The second-order valence-electron chi connectivity index (χ2n) is 5.66. The van der Waals surface area contributed by atoms with E-state index in [0.29, 0.717) is 18.4 Å². The predicted octanol–water partition coefficient (Wildman–Crippen LogP) is 1.03. The number of hydrogen-bond donors (Lipinski definition) is 0. The van der Waals surface area contributed by atoms with Gasteiger partial charge in [0.2, 0.25) is 5.88 Å². The van der Waals surface area contributed by atoms with Gasteiger partial charge in [0.25, 0.3) is 0 Å². The lowest BCUT2D eigenvalue weighted by Crippen LogP contribution is -2.39. The van der Waals surface area contributed by atoms with Crippen LogP contribution < -0.4 is 9.64 Å². The molecule has 0 N–H and O–H groups in total. The minimum absolute atomic E-state index is 0.635. The van der Waals surface area contributed by atoms with Crippen molar-refractivity contribution in [3.05, 3.63) is 12.4 Å². The summed E-state index contributed by atoms with van der Waals surface area (Å²) in [5.41, 5.74) is 0. The Morgan fingerprint density at radius 1 is 1.29 bits per heavy atom. The molecule has 2 saturated heterocycles. The fourth-order valence-corrected chi connectivity index (χ4v) is 3.07. The summed E-state index contributed by atoms with van der Waals surface area (Å²) in [6.45, 7) is 9.80. The molecule has 0 saturated carbocycles. The van der Waals surface area contributed by atoms with Crippen LogP contribution in [0.1, 0.15) is 13.3 Å². The Morgan fingerprint density at radius 2 is 2.14 bits per heavy atom. The molecule has 0 amide bonds. The average molecular weight is 292 g/mol. The molecule has 3 rings (SSSR count). The van der Waals surface area contributed by atoms with E-state index in [4.69, 9.17) is 9.47 Å². The second-order valence-corrected chi connectivity index (χ2v) is 5.66. The summed E-state index contributed by atoms with van der Waals surface area (Å²) in [5, 5.41) is 0. The van der Waals surface area contributed by atoms with Crippen LogP contribution in [0.2, 0.25) is 0 Å². The maximum Gasteiger partial charge on any atom is 0.218 e. The number of ether oxygens (including phenoxy) is 2. The zero-order valence-corrected chi connectivity index (χ0v) is 12.7. The van der Waals surface area contributed by atoms with Crippen molar-refractivity contribution in [2.75, 3.05) is 57.4 Å². The van der Waals surface area contributed by atoms with E-state index in [0.717, 1.165) is 45.2 Å². The fourth-order valence-electron chi connectivity index (χ4n) is 3.07. The smallest absolute Gasteiger partial charge is 0.218 e. The Labute approximate surface area is 126 Å². The first-order valence-electron chi connectivity index (χ1n) is 7.85. The Balaban J connectivity index is 1.54. The Kier molecular flexibility index (Phi) is 4.87. The molecule has 1 atom stereocenters. The SMILES string of the molecule is CCOc1cc(N2CCC(CN3CCOCC3)C2)ncn1. The predicted molar refractivity (Wildman–Crippen MR) is 80.8 cm³/mol. The van der Waals surface area contributed by atoms with E-state index in [1.807, 2.05) is 13.0 Å². The van der Waals surface area contributed by atoms with Gasteiger partial charge < -0.3 is 14.4 Å². The summed E-state index contributed by atoms with van der Waals surface area (Å²) in [6.07, 6.45) is 2.82. The van der Waals surface area contributed by atoms with Gasteiger partial charge in [-0.15, -0.1) is 0 Å². The molecule has 6 heteroatoms. The van der Waals surface area contributed by atoms with E-state index >= 15 is 0 Å². The third-order valence-electron chi connectivity index (χ3n) is 4.15. The van der Waals surface area contributed by atoms with Gasteiger partial charge in [-0.05, 0) is 19.3 Å². The highest BCUT2D eigenvalue weighted by atomic mass is 16.5. The van der Waals surface area contributed by atoms with Crippen LogP contribution in [-0.4, -0.2) is 67.4 Å². The van der Waals surface area contributed by atoms with Crippen molar-refractivity contribution in [3.8, 4) is 5.88 Å². The first-order chi connectivity index (χ1) is 10.3. The number of hydrogen-bond acceptors (Lipinski definition) is 6. The molecule has 0 radical (unpaired) electrons. The van der Waals surface area contributed by atoms with Crippen molar-refractivity contribution in [2.24, 2.45) is 5.92 Å². The van der Waals surface area contributed by atoms with E-state index < -0.39 is 0 Å². The van der Waals surface area contributed by atoms with Crippen LogP contribution in [-0.2, 0) is 4.74 Å². The fraction of sp³-hybridized carbons (Fsp3) is 0.733. The molecular weight excluding hydrogens is 268 g/mol. The van der Waals surface area contributed by atoms with Crippen LogP contribution in [0, 0.1) is 5.92 Å². The van der Waals surface area contributed by atoms with Crippen LogP contribution in [0.4, 0.5) is 5.82 Å². The number of morpholine rings is 1. The van der Waals surface area contributed by atoms with Crippen molar-refractivity contribution in [1.82, 2.24) is 14.9 Å². The van der Waals surface area contributed by atoms with E-state index in [-0.39, 0.29) is 0 Å². The van der Waals surface area contributed by atoms with E-state index in [9.17, 15) is 0 Å². The average Bonchev–Trinajstić information content (AvgIpc) is 2.97. The van der Waals surface area contributed by atoms with Crippen molar-refractivity contribution in [1.29, 1.82) is 0 Å². The Bertz CT molecular complexity index is 451. The van der Waals surface area contributed by atoms with Crippen LogP contribution in [0.25, 0.3) is 0 Å². The molecule has 116 valence electrons. The van der Waals surface area contributed by atoms with Crippen molar-refractivity contribution >= 4 is 5.82 Å². The topological polar surface area (TPSA) is 50.7 Å². The molecule has 6 nitrogen and oxygen atoms in total. The number of rotatable bonds is 5. The molecule has 1 aromatic rings. The van der Waals surface area contributed by atoms with Crippen LogP contribution in [0.15, 0.2) is 12.4 Å². The quantitative estimate of drug-likeness (QED) is 0.808. The van der Waals surface area contributed by atoms with Gasteiger partial charge in [0.15, 0.2) is 0 Å². The van der Waals surface area contributed by atoms with Crippen molar-refractivity contribution in [3.63, 3.8) is 0 Å². The first-order valence-corrected chi connectivity index (χ1v) is 7.85. The maximum absolute atomic E-state index is 5.45. The van der Waals surface area contributed by atoms with Gasteiger partial charge in [-0.3, -0.25) is 4.90 Å². The van der Waals surface area contributed by atoms with Gasteiger partial charge >= 0.3 is 0 Å². The zero-order valence-electron chi connectivity index (χ0n) is 12.7. The van der Waals surface area contributed by atoms with Crippen molar-refractivity contribution in [2.45, 2.75) is 13.3 Å². The van der Waals surface area contributed by atoms with E-state index in [1.54, 1.807) is 6.33 Å². The standard InChI is InChI=1S/C15H24N4O2/c1-2-21-15-9-14(16-12-17-15)19-4-3-13(11-19)10-18-5-7-20-8-6-18/h9,12-13H,2-8,10-11H2,1H3. The molecule has 2 aliphatic heterocycles. The third kappa shape index (κ3) is 3.83. The van der Waals surface area contributed by atoms with Gasteiger partial charge in [0, 0.05) is 38.8 Å². The summed E-state index contributed by atoms with van der Waals surface area (Å²) in [5.74, 6) is 2.37. The molecule has 21 heavy (non-hydrogen) atoms. The monoisotopic (exact) mass is 292 g/mol. The maximum atomic E-state index is 5.45. The molecular formula is C15H24N4O2. The Morgan fingerprint density at radius 3 is 2.95 bits per heavy atom. The summed E-state index contributed by atoms with van der Waals surface area (Å²) in [4.78, 5) is 13.4. The summed E-state index contributed by atoms with van der Waals surface area (Å²) in [6, 6.07) is 1.95. The minimum atomic E-state index is 0.635. The highest BCUT2D eigenvalue weighted by Crippen LogP contribution is 2.24. The number of aromatic nitrogens is 2. The highest BCUT2D eigenvalue weighted by Gasteiger charge is 2.26. The lowest BCUT2D eigenvalue weighted by molar-refractivity contribution is 0.0320. The van der Waals surface area contributed by atoms with Gasteiger partial charge in [-0.2, -0.15) is 0 Å². The highest BCUT2D eigenvalue weighted by molar-refractivity contribution is 5.41. The lowest BCUT2D eigenvalue weighted by atomic mass is 10.1. The number of anilines is 1. The molecule has 3 heterocycles. The normalized spacial score (nSPS) is 23.5. The summed E-state index contributed by atoms with van der Waals surface area (Å²) in [7, 11) is 0. The number of nitrogens with zero attached hydrogens (tertiary/aromatic N) is 4. The van der Waals surface area contributed by atoms with Crippen molar-refractivity contribution < 1.29 is 9.47 Å². The van der Waals surface area contributed by atoms with Crippen LogP contribution >= 0.6 is 0 Å². The molecule has 1 aromatic heterocycles. The molecule has 2 fully saturated rings. The zero-order chi connectivity index (χ0) is 14.5. The molecule has 0 spiro atoms. The van der Waals surface area contributed by atoms with E-state index in [2.05, 4.69) is 19.8 Å².